The lowest BCUT2D eigenvalue weighted by Crippen LogP contribution is -2.42. The number of hydrogen-bond donors (Lipinski definition) is 2. The first kappa shape index (κ1) is 27.8. The summed E-state index contributed by atoms with van der Waals surface area (Å²) in [6.07, 6.45) is 4.83. The number of amides is 1. The summed E-state index contributed by atoms with van der Waals surface area (Å²) in [6.45, 7) is 8.73. The zero-order valence-corrected chi connectivity index (χ0v) is 22.1. The van der Waals surface area contributed by atoms with Gasteiger partial charge in [0, 0.05) is 45.7 Å². The van der Waals surface area contributed by atoms with Crippen molar-refractivity contribution in [3.63, 3.8) is 0 Å². The minimum absolute atomic E-state index is 0. The fraction of sp³-hybridized carbons (Fsp3) is 0.667. The Kier molecular flexibility index (Phi) is 13.0. The van der Waals surface area contributed by atoms with Crippen molar-refractivity contribution in [2.24, 2.45) is 4.99 Å². The molecular weight excluding hydrogens is 536 g/mol. The van der Waals surface area contributed by atoms with Crippen LogP contribution in [0.2, 0.25) is 0 Å². The molecule has 2 N–H and O–H groups in total. The van der Waals surface area contributed by atoms with Gasteiger partial charge in [0.25, 0.3) is 0 Å². The van der Waals surface area contributed by atoms with Gasteiger partial charge >= 0.3 is 0 Å². The van der Waals surface area contributed by atoms with Crippen LogP contribution < -0.4 is 10.6 Å². The van der Waals surface area contributed by atoms with Crippen LogP contribution in [-0.4, -0.2) is 80.7 Å². The molecule has 1 unspecified atom stereocenters. The molecule has 33 heavy (non-hydrogen) atoms. The van der Waals surface area contributed by atoms with E-state index in [0.29, 0.717) is 26.2 Å². The molecule has 3 rings (SSSR count). The maximum atomic E-state index is 13.9. The molecule has 0 aromatic heterocycles. The lowest BCUT2D eigenvalue weighted by atomic mass is 10.0. The first-order valence-corrected chi connectivity index (χ1v) is 12.0. The summed E-state index contributed by atoms with van der Waals surface area (Å²) in [6, 6.07) is 6.81. The number of morpholine rings is 1. The summed E-state index contributed by atoms with van der Waals surface area (Å²) < 4.78 is 19.4. The third-order valence-corrected chi connectivity index (χ3v) is 6.06. The van der Waals surface area contributed by atoms with Crippen molar-refractivity contribution in [1.29, 1.82) is 0 Å². The highest BCUT2D eigenvalue weighted by Gasteiger charge is 2.23. The molecule has 186 valence electrons. The Morgan fingerprint density at radius 1 is 1.18 bits per heavy atom. The molecule has 0 bridgehead atoms. The Labute approximate surface area is 214 Å². The number of benzene rings is 1. The van der Waals surface area contributed by atoms with Gasteiger partial charge in [-0.2, -0.15) is 0 Å². The van der Waals surface area contributed by atoms with Gasteiger partial charge in [0.05, 0.1) is 25.8 Å². The van der Waals surface area contributed by atoms with Gasteiger partial charge in [-0.25, -0.2) is 4.39 Å². The van der Waals surface area contributed by atoms with Crippen LogP contribution in [0.25, 0.3) is 0 Å². The highest BCUT2D eigenvalue weighted by atomic mass is 127. The second-order valence-corrected chi connectivity index (χ2v) is 8.41. The minimum Gasteiger partial charge on any atom is -0.379 e. The zero-order valence-electron chi connectivity index (χ0n) is 19.7. The smallest absolute Gasteiger partial charge is 0.222 e. The van der Waals surface area contributed by atoms with Gasteiger partial charge < -0.3 is 20.3 Å². The molecule has 2 fully saturated rings. The van der Waals surface area contributed by atoms with Crippen LogP contribution in [0.3, 0.4) is 0 Å². The fourth-order valence-corrected chi connectivity index (χ4v) is 4.31. The second-order valence-electron chi connectivity index (χ2n) is 8.41. The molecule has 2 heterocycles. The minimum atomic E-state index is -0.224. The number of aliphatic imine (C=N–C) groups is 1. The van der Waals surface area contributed by atoms with Crippen molar-refractivity contribution in [2.45, 2.75) is 45.1 Å². The zero-order chi connectivity index (χ0) is 22.6. The van der Waals surface area contributed by atoms with Gasteiger partial charge in [0.1, 0.15) is 5.82 Å². The topological polar surface area (TPSA) is 69.2 Å². The molecule has 1 aromatic carbocycles. The molecule has 1 atom stereocenters. The van der Waals surface area contributed by atoms with E-state index >= 15 is 0 Å². The van der Waals surface area contributed by atoms with Gasteiger partial charge in [-0.05, 0) is 43.9 Å². The molecule has 0 radical (unpaired) electrons. The van der Waals surface area contributed by atoms with Crippen LogP contribution in [0.5, 0.6) is 0 Å². The molecule has 2 aliphatic rings. The van der Waals surface area contributed by atoms with E-state index in [0.717, 1.165) is 76.5 Å². The number of rotatable bonds is 9. The van der Waals surface area contributed by atoms with E-state index in [9.17, 15) is 9.18 Å². The molecule has 7 nitrogen and oxygen atoms in total. The molecule has 0 spiro atoms. The number of nitrogens with one attached hydrogen (secondary N) is 2. The Hall–Kier alpha value is -1.46. The molecule has 2 aliphatic heterocycles. The predicted octanol–water partition coefficient (Wildman–Crippen LogP) is 3.16. The van der Waals surface area contributed by atoms with Gasteiger partial charge in [0.15, 0.2) is 5.96 Å². The lowest BCUT2D eigenvalue weighted by Gasteiger charge is -2.34. The van der Waals surface area contributed by atoms with Crippen molar-refractivity contribution in [3.05, 3.63) is 35.6 Å². The van der Waals surface area contributed by atoms with Crippen LogP contribution in [0.4, 0.5) is 4.39 Å². The molecule has 1 amide bonds. The van der Waals surface area contributed by atoms with Crippen molar-refractivity contribution < 1.29 is 13.9 Å². The van der Waals surface area contributed by atoms with Crippen LogP contribution in [0.1, 0.15) is 50.6 Å². The van der Waals surface area contributed by atoms with E-state index < -0.39 is 0 Å². The number of carbonyl (C=O) groups is 1. The van der Waals surface area contributed by atoms with E-state index in [-0.39, 0.29) is 41.7 Å². The Balaban J connectivity index is 0.00000385. The van der Waals surface area contributed by atoms with Crippen molar-refractivity contribution in [1.82, 2.24) is 20.4 Å². The van der Waals surface area contributed by atoms with Crippen LogP contribution in [0, 0.1) is 5.82 Å². The predicted molar refractivity (Wildman–Crippen MR) is 141 cm³/mol. The molecule has 0 aliphatic carbocycles. The van der Waals surface area contributed by atoms with Crippen molar-refractivity contribution >= 4 is 35.8 Å². The Bertz CT molecular complexity index is 745. The monoisotopic (exact) mass is 575 g/mol. The van der Waals surface area contributed by atoms with Gasteiger partial charge in [-0.1, -0.05) is 18.6 Å². The van der Waals surface area contributed by atoms with E-state index in [1.807, 2.05) is 17.9 Å². The average molecular weight is 576 g/mol. The molecular formula is C24H39FIN5O2. The maximum Gasteiger partial charge on any atom is 0.222 e. The molecule has 1 aromatic rings. The van der Waals surface area contributed by atoms with Crippen LogP contribution >= 0.6 is 24.0 Å². The summed E-state index contributed by atoms with van der Waals surface area (Å²) in [5.41, 5.74) is 0.936. The molecule has 0 saturated carbocycles. The summed E-state index contributed by atoms with van der Waals surface area (Å²) in [5.74, 6) is 0.814. The second kappa shape index (κ2) is 15.4. The largest absolute Gasteiger partial charge is 0.379 e. The average Bonchev–Trinajstić information content (AvgIpc) is 3.01. The van der Waals surface area contributed by atoms with Gasteiger partial charge in [-0.3, -0.25) is 14.7 Å². The van der Waals surface area contributed by atoms with Gasteiger partial charge in [-0.15, -0.1) is 24.0 Å². The van der Waals surface area contributed by atoms with E-state index in [4.69, 9.17) is 9.73 Å². The fourth-order valence-electron chi connectivity index (χ4n) is 4.31. The summed E-state index contributed by atoms with van der Waals surface area (Å²) in [7, 11) is 0. The SMILES string of the molecule is CCNC(=NCC(c1cccc(F)c1)N1CCOCC1)NCCCN1CCCCCC1=O.I. The normalized spacial score (nSPS) is 18.9. The highest BCUT2D eigenvalue weighted by Crippen LogP contribution is 2.23. The molecule has 2 saturated heterocycles. The summed E-state index contributed by atoms with van der Waals surface area (Å²) >= 11 is 0. The van der Waals surface area contributed by atoms with Crippen LogP contribution in [-0.2, 0) is 9.53 Å². The van der Waals surface area contributed by atoms with Crippen LogP contribution in [0.15, 0.2) is 29.3 Å². The quantitative estimate of drug-likeness (QED) is 0.205. The number of hydrogen-bond acceptors (Lipinski definition) is 4. The first-order chi connectivity index (χ1) is 15.7. The lowest BCUT2D eigenvalue weighted by molar-refractivity contribution is -0.130. The Morgan fingerprint density at radius 2 is 2.00 bits per heavy atom. The van der Waals surface area contributed by atoms with E-state index in [1.165, 1.54) is 6.07 Å². The van der Waals surface area contributed by atoms with Gasteiger partial charge in [0.2, 0.25) is 5.91 Å². The van der Waals surface area contributed by atoms with E-state index in [2.05, 4.69) is 15.5 Å². The number of ether oxygens (including phenoxy) is 1. The number of guanidine groups is 1. The number of nitrogens with zero attached hydrogens (tertiary/aromatic N) is 3. The third-order valence-electron chi connectivity index (χ3n) is 6.06. The van der Waals surface area contributed by atoms with Crippen molar-refractivity contribution in [2.75, 3.05) is 59.0 Å². The van der Waals surface area contributed by atoms with E-state index in [1.54, 1.807) is 12.1 Å². The maximum absolute atomic E-state index is 13.9. The number of halogens is 2. The first-order valence-electron chi connectivity index (χ1n) is 12.0. The standard InChI is InChI=1S/C24H38FN5O2.HI/c1-2-26-24(27-11-7-13-30-12-5-3-4-10-23(30)31)28-19-22(29-14-16-32-17-15-29)20-8-6-9-21(25)18-20;/h6,8-9,18,22H,2-5,7,10-17,19H2,1H3,(H2,26,27,28);1H. The third kappa shape index (κ3) is 9.36. The summed E-state index contributed by atoms with van der Waals surface area (Å²) in [4.78, 5) is 21.3. The summed E-state index contributed by atoms with van der Waals surface area (Å²) in [5, 5.41) is 6.70. The number of likely N-dealkylation sites (tertiary alicyclic amines) is 1. The number of carbonyl (C=O) groups excluding carboxylic acids is 1. The molecule has 9 heteroatoms. The Morgan fingerprint density at radius 3 is 2.76 bits per heavy atom. The highest BCUT2D eigenvalue weighted by molar-refractivity contribution is 14.0. The van der Waals surface area contributed by atoms with Crippen molar-refractivity contribution in [3.8, 4) is 0 Å².